The molecule has 0 aliphatic carbocycles. The van der Waals surface area contributed by atoms with Gasteiger partial charge in [-0.1, -0.05) is 23.7 Å². The molecule has 0 spiro atoms. The molecule has 0 heterocycles. The van der Waals surface area contributed by atoms with Gasteiger partial charge in [-0.15, -0.1) is 0 Å². The molecule has 0 radical (unpaired) electrons. The molecule has 0 bridgehead atoms. The molecule has 0 aliphatic rings. The van der Waals surface area contributed by atoms with Gasteiger partial charge in [0.2, 0.25) is 0 Å². The monoisotopic (exact) mass is 393 g/mol. The van der Waals surface area contributed by atoms with Gasteiger partial charge < -0.3 is 20.1 Å². The molecular formula is C20H25ClFN3O2. The molecule has 0 amide bonds. The van der Waals surface area contributed by atoms with Crippen molar-refractivity contribution < 1.29 is 13.9 Å². The molecule has 0 atom stereocenters. The van der Waals surface area contributed by atoms with Crippen molar-refractivity contribution in [1.29, 1.82) is 0 Å². The highest BCUT2D eigenvalue weighted by Gasteiger charge is 2.06. The Morgan fingerprint density at radius 3 is 2.59 bits per heavy atom. The second-order valence-electron chi connectivity index (χ2n) is 5.92. The summed E-state index contributed by atoms with van der Waals surface area (Å²) in [5.74, 6) is 1.14. The van der Waals surface area contributed by atoms with E-state index in [-0.39, 0.29) is 12.4 Å². The maximum Gasteiger partial charge on any atom is 0.191 e. The van der Waals surface area contributed by atoms with Crippen LogP contribution in [0.4, 0.5) is 4.39 Å². The summed E-state index contributed by atoms with van der Waals surface area (Å²) in [6.07, 6.45) is 0.748. The number of nitrogens with one attached hydrogen (secondary N) is 2. The van der Waals surface area contributed by atoms with Gasteiger partial charge in [0.1, 0.15) is 11.6 Å². The second kappa shape index (κ2) is 10.7. The van der Waals surface area contributed by atoms with Crippen LogP contribution in [0.5, 0.6) is 5.75 Å². The van der Waals surface area contributed by atoms with E-state index in [1.54, 1.807) is 39.5 Å². The predicted octanol–water partition coefficient (Wildman–Crippen LogP) is 3.54. The third kappa shape index (κ3) is 6.41. The van der Waals surface area contributed by atoms with Crippen LogP contribution in [0, 0.1) is 5.82 Å². The van der Waals surface area contributed by atoms with E-state index >= 15 is 0 Å². The van der Waals surface area contributed by atoms with Crippen molar-refractivity contribution in [3.05, 3.63) is 63.9 Å². The zero-order valence-corrected chi connectivity index (χ0v) is 16.6. The lowest BCUT2D eigenvalue weighted by molar-refractivity contribution is 0.181. The van der Waals surface area contributed by atoms with E-state index in [2.05, 4.69) is 15.6 Å². The third-order valence-corrected chi connectivity index (χ3v) is 4.39. The minimum Gasteiger partial charge on any atom is -0.497 e. The smallest absolute Gasteiger partial charge is 0.191 e. The van der Waals surface area contributed by atoms with Crippen LogP contribution in [-0.2, 0) is 24.3 Å². The fourth-order valence-electron chi connectivity index (χ4n) is 2.58. The van der Waals surface area contributed by atoms with Gasteiger partial charge in [-0.25, -0.2) is 4.39 Å². The molecule has 0 saturated heterocycles. The molecule has 5 nitrogen and oxygen atoms in total. The number of nitrogens with zero attached hydrogens (tertiary/aromatic N) is 1. The molecule has 7 heteroatoms. The number of halogens is 2. The number of hydrogen-bond donors (Lipinski definition) is 2. The Balaban J connectivity index is 1.85. The van der Waals surface area contributed by atoms with Gasteiger partial charge in [0.25, 0.3) is 0 Å². The first-order valence-corrected chi connectivity index (χ1v) is 8.98. The summed E-state index contributed by atoms with van der Waals surface area (Å²) < 4.78 is 23.8. The molecule has 0 aromatic heterocycles. The number of guanidine groups is 1. The Bertz CT molecular complexity index is 784. The summed E-state index contributed by atoms with van der Waals surface area (Å²) in [7, 11) is 4.86. The lowest BCUT2D eigenvalue weighted by atomic mass is 10.1. The zero-order valence-electron chi connectivity index (χ0n) is 15.8. The highest BCUT2D eigenvalue weighted by molar-refractivity contribution is 6.31. The number of ether oxygens (including phenoxy) is 2. The summed E-state index contributed by atoms with van der Waals surface area (Å²) >= 11 is 6.26. The number of aliphatic imine (C=N–C) groups is 1. The highest BCUT2D eigenvalue weighted by Crippen LogP contribution is 2.22. The predicted molar refractivity (Wildman–Crippen MR) is 107 cm³/mol. The topological polar surface area (TPSA) is 54.9 Å². The van der Waals surface area contributed by atoms with Gasteiger partial charge in [0.15, 0.2) is 5.96 Å². The van der Waals surface area contributed by atoms with Gasteiger partial charge >= 0.3 is 0 Å². The van der Waals surface area contributed by atoms with Crippen molar-refractivity contribution in [2.24, 2.45) is 4.99 Å². The van der Waals surface area contributed by atoms with Gasteiger partial charge in [0.05, 0.1) is 13.7 Å². The van der Waals surface area contributed by atoms with E-state index < -0.39 is 0 Å². The maximum atomic E-state index is 13.7. The highest BCUT2D eigenvalue weighted by atomic mass is 35.5. The molecule has 0 unspecified atom stereocenters. The Hall–Kier alpha value is -2.31. The molecule has 2 rings (SSSR count). The fourth-order valence-corrected chi connectivity index (χ4v) is 2.85. The number of hydrogen-bond acceptors (Lipinski definition) is 3. The molecule has 0 aliphatic heterocycles. The molecule has 2 aromatic carbocycles. The largest absolute Gasteiger partial charge is 0.497 e. The first-order valence-electron chi connectivity index (χ1n) is 8.60. The lowest BCUT2D eigenvalue weighted by Gasteiger charge is -2.13. The molecule has 2 N–H and O–H groups in total. The molecule has 0 fully saturated rings. The zero-order chi connectivity index (χ0) is 19.6. The molecule has 146 valence electrons. The van der Waals surface area contributed by atoms with Crippen molar-refractivity contribution >= 4 is 17.6 Å². The van der Waals surface area contributed by atoms with Crippen LogP contribution in [0.2, 0.25) is 5.02 Å². The van der Waals surface area contributed by atoms with Crippen LogP contribution < -0.4 is 15.4 Å². The lowest BCUT2D eigenvalue weighted by Crippen LogP contribution is -2.37. The Morgan fingerprint density at radius 2 is 1.93 bits per heavy atom. The van der Waals surface area contributed by atoms with Crippen LogP contribution in [0.1, 0.15) is 16.7 Å². The normalized spacial score (nSPS) is 11.4. The summed E-state index contributed by atoms with van der Waals surface area (Å²) in [5, 5.41) is 7.14. The summed E-state index contributed by atoms with van der Waals surface area (Å²) in [5.41, 5.74) is 2.52. The van der Waals surface area contributed by atoms with Gasteiger partial charge in [0, 0.05) is 37.8 Å². The minimum absolute atomic E-state index is 0.245. The SMILES string of the molecule is CN=C(NCCc1ccc(OC)cc1Cl)NCc1ccc(F)c(COC)c1. The van der Waals surface area contributed by atoms with E-state index in [4.69, 9.17) is 21.1 Å². The Labute approximate surface area is 164 Å². The quantitative estimate of drug-likeness (QED) is 0.532. The summed E-state index contributed by atoms with van der Waals surface area (Å²) in [4.78, 5) is 4.20. The van der Waals surface area contributed by atoms with Gasteiger partial charge in [-0.3, -0.25) is 4.99 Å². The van der Waals surface area contributed by atoms with Crippen LogP contribution in [0.25, 0.3) is 0 Å². The van der Waals surface area contributed by atoms with Crippen molar-refractivity contribution in [3.8, 4) is 5.75 Å². The van der Waals surface area contributed by atoms with E-state index in [9.17, 15) is 4.39 Å². The summed E-state index contributed by atoms with van der Waals surface area (Å²) in [6, 6.07) is 10.6. The fraction of sp³-hybridized carbons (Fsp3) is 0.350. The Morgan fingerprint density at radius 1 is 1.11 bits per heavy atom. The average Bonchev–Trinajstić information content (AvgIpc) is 2.68. The third-order valence-electron chi connectivity index (χ3n) is 4.04. The molecule has 2 aromatic rings. The van der Waals surface area contributed by atoms with Crippen LogP contribution >= 0.6 is 11.6 Å². The first-order chi connectivity index (χ1) is 13.1. The standard InChI is InChI=1S/C20H25ClFN3O2/c1-23-20(24-9-8-15-5-6-17(27-3)11-18(15)21)25-12-14-4-7-19(22)16(10-14)13-26-2/h4-7,10-11H,8-9,12-13H2,1-3H3,(H2,23,24,25). The number of rotatable bonds is 8. The summed E-state index contributed by atoms with van der Waals surface area (Å²) in [6.45, 7) is 1.44. The van der Waals surface area contributed by atoms with Crippen molar-refractivity contribution in [1.82, 2.24) is 10.6 Å². The van der Waals surface area contributed by atoms with E-state index in [1.807, 2.05) is 12.1 Å². The molecule has 27 heavy (non-hydrogen) atoms. The van der Waals surface area contributed by atoms with Crippen LogP contribution in [0.3, 0.4) is 0 Å². The molecule has 0 saturated carbocycles. The maximum absolute atomic E-state index is 13.7. The van der Waals surface area contributed by atoms with Crippen LogP contribution in [0.15, 0.2) is 41.4 Å². The van der Waals surface area contributed by atoms with Crippen molar-refractivity contribution in [3.63, 3.8) is 0 Å². The van der Waals surface area contributed by atoms with Crippen molar-refractivity contribution in [2.75, 3.05) is 27.8 Å². The minimum atomic E-state index is -0.264. The van der Waals surface area contributed by atoms with Gasteiger partial charge in [-0.2, -0.15) is 0 Å². The molecular weight excluding hydrogens is 369 g/mol. The van der Waals surface area contributed by atoms with Crippen LogP contribution in [-0.4, -0.2) is 33.8 Å². The number of methoxy groups -OCH3 is 2. The van der Waals surface area contributed by atoms with E-state index in [1.165, 1.54) is 6.07 Å². The average molecular weight is 394 g/mol. The Kier molecular flexibility index (Phi) is 8.36. The second-order valence-corrected chi connectivity index (χ2v) is 6.33. The van der Waals surface area contributed by atoms with E-state index in [0.717, 1.165) is 23.3 Å². The van der Waals surface area contributed by atoms with Crippen molar-refractivity contribution in [2.45, 2.75) is 19.6 Å². The van der Waals surface area contributed by atoms with E-state index in [0.29, 0.717) is 29.6 Å². The number of benzene rings is 2. The van der Waals surface area contributed by atoms with Gasteiger partial charge in [-0.05, 0) is 41.8 Å². The first kappa shape index (κ1) is 21.0.